The first-order valence-electron chi connectivity index (χ1n) is 7.46. The number of benzene rings is 1. The van der Waals surface area contributed by atoms with Crippen molar-refractivity contribution in [3.05, 3.63) is 29.3 Å². The maximum absolute atomic E-state index is 11.7. The summed E-state index contributed by atoms with van der Waals surface area (Å²) in [5.41, 5.74) is 2.66. The molecule has 0 unspecified atom stereocenters. The molecule has 21 heavy (non-hydrogen) atoms. The van der Waals surface area contributed by atoms with Crippen LogP contribution in [0.3, 0.4) is 0 Å². The van der Waals surface area contributed by atoms with Gasteiger partial charge in [-0.2, -0.15) is 0 Å². The van der Waals surface area contributed by atoms with Crippen LogP contribution < -0.4 is 4.31 Å². The van der Waals surface area contributed by atoms with Gasteiger partial charge in [0, 0.05) is 13.1 Å². The molecule has 1 atom stereocenters. The van der Waals surface area contributed by atoms with Crippen molar-refractivity contribution in [3.63, 3.8) is 0 Å². The summed E-state index contributed by atoms with van der Waals surface area (Å²) in [4.78, 5) is 2.28. The monoisotopic (exact) mass is 310 g/mol. The second-order valence-corrected chi connectivity index (χ2v) is 7.90. The van der Waals surface area contributed by atoms with Crippen LogP contribution in [0.4, 0.5) is 5.69 Å². The number of hydrogen-bond acceptors (Lipinski definition) is 4. The summed E-state index contributed by atoms with van der Waals surface area (Å²) in [7, 11) is -3.21. The van der Waals surface area contributed by atoms with Crippen LogP contribution in [0.5, 0.6) is 0 Å². The standard InChI is InChI=1S/C15H22N2O3S/c1-21(19,20)17-9-6-12-10-13(4-5-14(12)17)15(18)11-16-7-2-3-8-16/h4-5,10,15,18H,2-3,6-9,11H2,1H3/t15-/m0/s1. The molecule has 2 aliphatic heterocycles. The first-order chi connectivity index (χ1) is 9.95. The maximum Gasteiger partial charge on any atom is 0.232 e. The predicted octanol–water partition coefficient (Wildman–Crippen LogP) is 1.14. The first kappa shape index (κ1) is 14.8. The number of aliphatic hydroxyl groups is 1. The summed E-state index contributed by atoms with van der Waals surface area (Å²) in [6.07, 6.45) is 3.87. The van der Waals surface area contributed by atoms with Gasteiger partial charge in [-0.25, -0.2) is 8.42 Å². The molecule has 6 heteroatoms. The fourth-order valence-corrected chi connectivity index (χ4v) is 4.22. The Labute approximate surface area is 126 Å². The minimum absolute atomic E-state index is 0.499. The largest absolute Gasteiger partial charge is 0.387 e. The van der Waals surface area contributed by atoms with Gasteiger partial charge in [0.2, 0.25) is 10.0 Å². The average molecular weight is 310 g/mol. The Bertz CT molecular complexity index is 624. The van der Waals surface area contributed by atoms with E-state index in [4.69, 9.17) is 0 Å². The summed E-state index contributed by atoms with van der Waals surface area (Å²) in [6, 6.07) is 5.64. The van der Waals surface area contributed by atoms with E-state index in [2.05, 4.69) is 4.90 Å². The van der Waals surface area contributed by atoms with Gasteiger partial charge in [-0.1, -0.05) is 12.1 Å². The van der Waals surface area contributed by atoms with Crippen molar-refractivity contribution in [1.29, 1.82) is 0 Å². The zero-order chi connectivity index (χ0) is 15.0. The molecule has 3 rings (SSSR count). The maximum atomic E-state index is 11.7. The van der Waals surface area contributed by atoms with Crippen molar-refractivity contribution in [1.82, 2.24) is 4.90 Å². The normalized spacial score (nSPS) is 20.8. The van der Waals surface area contributed by atoms with Crippen LogP contribution in [0.2, 0.25) is 0 Å². The third-order valence-corrected chi connectivity index (χ3v) is 5.55. The fourth-order valence-electron chi connectivity index (χ4n) is 3.26. The minimum atomic E-state index is -3.21. The summed E-state index contributed by atoms with van der Waals surface area (Å²) < 4.78 is 24.9. The zero-order valence-corrected chi connectivity index (χ0v) is 13.1. The van der Waals surface area contributed by atoms with Gasteiger partial charge in [0.15, 0.2) is 0 Å². The number of nitrogens with zero attached hydrogens (tertiary/aromatic N) is 2. The SMILES string of the molecule is CS(=O)(=O)N1CCc2cc([C@@H](O)CN3CCCC3)ccc21. The molecular formula is C15H22N2O3S. The third-order valence-electron chi connectivity index (χ3n) is 4.37. The van der Waals surface area contributed by atoms with Gasteiger partial charge < -0.3 is 10.0 Å². The molecule has 1 saturated heterocycles. The number of β-amino-alcohol motifs (C(OH)–C–C–N with tert-alkyl or cyclic N) is 1. The molecular weight excluding hydrogens is 288 g/mol. The second kappa shape index (κ2) is 5.59. The Kier molecular flexibility index (Phi) is 3.94. The van der Waals surface area contributed by atoms with E-state index in [-0.39, 0.29) is 0 Å². The van der Waals surface area contributed by atoms with Crippen LogP contribution >= 0.6 is 0 Å². The number of fused-ring (bicyclic) bond motifs is 1. The van der Waals surface area contributed by atoms with Gasteiger partial charge in [-0.15, -0.1) is 0 Å². The van der Waals surface area contributed by atoms with Crippen molar-refractivity contribution < 1.29 is 13.5 Å². The van der Waals surface area contributed by atoms with E-state index in [0.717, 1.165) is 29.9 Å². The molecule has 0 spiro atoms. The lowest BCUT2D eigenvalue weighted by Crippen LogP contribution is -2.27. The molecule has 2 aliphatic rings. The smallest absolute Gasteiger partial charge is 0.232 e. The molecule has 1 aromatic rings. The number of aliphatic hydroxyl groups excluding tert-OH is 1. The molecule has 0 aromatic heterocycles. The highest BCUT2D eigenvalue weighted by Gasteiger charge is 2.27. The average Bonchev–Trinajstić information content (AvgIpc) is 3.05. The number of rotatable bonds is 4. The van der Waals surface area contributed by atoms with Crippen molar-refractivity contribution in [3.8, 4) is 0 Å². The van der Waals surface area contributed by atoms with Gasteiger partial charge in [0.05, 0.1) is 18.0 Å². The highest BCUT2D eigenvalue weighted by Crippen LogP contribution is 2.32. The van der Waals surface area contributed by atoms with Gasteiger partial charge >= 0.3 is 0 Å². The number of hydrogen-bond donors (Lipinski definition) is 1. The van der Waals surface area contributed by atoms with E-state index in [0.29, 0.717) is 19.5 Å². The van der Waals surface area contributed by atoms with Crippen molar-refractivity contribution in [2.45, 2.75) is 25.4 Å². The zero-order valence-electron chi connectivity index (χ0n) is 12.3. The molecule has 0 radical (unpaired) electrons. The molecule has 1 N–H and O–H groups in total. The summed E-state index contributed by atoms with van der Waals surface area (Å²) in [5, 5.41) is 10.4. The predicted molar refractivity (Wildman–Crippen MR) is 83.0 cm³/mol. The lowest BCUT2D eigenvalue weighted by atomic mass is 10.0. The van der Waals surface area contributed by atoms with Crippen LogP contribution in [0, 0.1) is 0 Å². The molecule has 116 valence electrons. The Morgan fingerprint density at radius 1 is 1.24 bits per heavy atom. The molecule has 1 fully saturated rings. The van der Waals surface area contributed by atoms with E-state index in [1.54, 1.807) is 0 Å². The Morgan fingerprint density at radius 3 is 2.62 bits per heavy atom. The lowest BCUT2D eigenvalue weighted by molar-refractivity contribution is 0.126. The fraction of sp³-hybridized carbons (Fsp3) is 0.600. The summed E-state index contributed by atoms with van der Waals surface area (Å²) in [5.74, 6) is 0. The molecule has 5 nitrogen and oxygen atoms in total. The quantitative estimate of drug-likeness (QED) is 0.906. The number of likely N-dealkylation sites (tertiary alicyclic amines) is 1. The Morgan fingerprint density at radius 2 is 1.95 bits per heavy atom. The topological polar surface area (TPSA) is 60.9 Å². The van der Waals surface area contributed by atoms with Crippen LogP contribution in [0.1, 0.15) is 30.1 Å². The number of sulfonamides is 1. The van der Waals surface area contributed by atoms with E-state index < -0.39 is 16.1 Å². The van der Waals surface area contributed by atoms with E-state index in [1.165, 1.54) is 23.4 Å². The Hall–Kier alpha value is -1.11. The van der Waals surface area contributed by atoms with Crippen LogP contribution in [-0.4, -0.2) is 50.9 Å². The van der Waals surface area contributed by atoms with Gasteiger partial charge in [-0.3, -0.25) is 4.31 Å². The van der Waals surface area contributed by atoms with E-state index >= 15 is 0 Å². The third kappa shape index (κ3) is 3.07. The Balaban J connectivity index is 1.77. The lowest BCUT2D eigenvalue weighted by Gasteiger charge is -2.21. The van der Waals surface area contributed by atoms with Crippen molar-refractivity contribution in [2.75, 3.05) is 36.7 Å². The molecule has 1 aromatic carbocycles. The van der Waals surface area contributed by atoms with Gasteiger partial charge in [0.25, 0.3) is 0 Å². The highest BCUT2D eigenvalue weighted by molar-refractivity contribution is 7.92. The van der Waals surface area contributed by atoms with E-state index in [1.807, 2.05) is 18.2 Å². The summed E-state index contributed by atoms with van der Waals surface area (Å²) >= 11 is 0. The summed E-state index contributed by atoms with van der Waals surface area (Å²) in [6.45, 7) is 3.28. The van der Waals surface area contributed by atoms with Crippen LogP contribution in [-0.2, 0) is 16.4 Å². The highest BCUT2D eigenvalue weighted by atomic mass is 32.2. The number of anilines is 1. The van der Waals surface area contributed by atoms with Crippen LogP contribution in [0.25, 0.3) is 0 Å². The first-order valence-corrected chi connectivity index (χ1v) is 9.31. The molecule has 2 heterocycles. The van der Waals surface area contributed by atoms with Gasteiger partial charge in [0.1, 0.15) is 0 Å². The van der Waals surface area contributed by atoms with Gasteiger partial charge in [-0.05, 0) is 49.5 Å². The van der Waals surface area contributed by atoms with Crippen LogP contribution in [0.15, 0.2) is 18.2 Å². The van der Waals surface area contributed by atoms with E-state index in [9.17, 15) is 13.5 Å². The molecule has 0 amide bonds. The second-order valence-electron chi connectivity index (χ2n) is 6.00. The minimum Gasteiger partial charge on any atom is -0.387 e. The molecule has 0 bridgehead atoms. The van der Waals surface area contributed by atoms with Crippen molar-refractivity contribution in [2.24, 2.45) is 0 Å². The molecule has 0 saturated carbocycles. The van der Waals surface area contributed by atoms with Crippen molar-refractivity contribution >= 4 is 15.7 Å². The molecule has 0 aliphatic carbocycles.